The van der Waals surface area contributed by atoms with Gasteiger partial charge in [0.2, 0.25) is 0 Å². The van der Waals surface area contributed by atoms with Gasteiger partial charge in [-0.05, 0) is 30.8 Å². The number of carboxylic acids is 1. The summed E-state index contributed by atoms with van der Waals surface area (Å²) < 4.78 is 4.63. The average Bonchev–Trinajstić information content (AvgIpc) is 2.40. The Kier molecular flexibility index (Phi) is 9.60. The van der Waals surface area contributed by atoms with Crippen molar-refractivity contribution in [3.8, 4) is 0 Å². The summed E-state index contributed by atoms with van der Waals surface area (Å²) in [6, 6.07) is -2.45. The van der Waals surface area contributed by atoms with Gasteiger partial charge in [-0.25, -0.2) is 14.4 Å². The molecular formula is C13H24N2O5S. The summed E-state index contributed by atoms with van der Waals surface area (Å²) in [5.74, 6) is -0.849. The van der Waals surface area contributed by atoms with Crippen LogP contribution < -0.4 is 10.6 Å². The normalized spacial score (nSPS) is 13.4. The fourth-order valence-corrected chi connectivity index (χ4v) is 2.15. The van der Waals surface area contributed by atoms with Gasteiger partial charge in [0, 0.05) is 0 Å². The maximum absolute atomic E-state index is 11.8. The lowest BCUT2D eigenvalue weighted by Crippen LogP contribution is -2.51. The van der Waals surface area contributed by atoms with Crippen molar-refractivity contribution in [2.75, 3.05) is 19.1 Å². The molecule has 3 N–H and O–H groups in total. The average molecular weight is 320 g/mol. The van der Waals surface area contributed by atoms with Gasteiger partial charge in [-0.2, -0.15) is 11.8 Å². The molecule has 0 spiro atoms. The monoisotopic (exact) mass is 320 g/mol. The number of aliphatic carboxylic acids is 1. The van der Waals surface area contributed by atoms with Crippen LogP contribution in [-0.4, -0.2) is 54.3 Å². The lowest BCUT2D eigenvalue weighted by atomic mass is 10.0. The first kappa shape index (κ1) is 19.6. The van der Waals surface area contributed by atoms with E-state index in [1.807, 2.05) is 20.1 Å². The standard InChI is InChI=1S/C13H24N2O5S/c1-8(2)7-10(12(18)20-3)15-13(19)14-9(11(16)17)5-6-21-4/h8-10H,5-7H2,1-4H3,(H,16,17)(H2,14,15,19)/t9-,10?/m1/s1. The molecule has 0 saturated carbocycles. The molecule has 1 unspecified atom stereocenters. The number of ether oxygens (including phenoxy) is 1. The van der Waals surface area contributed by atoms with Gasteiger partial charge < -0.3 is 20.5 Å². The van der Waals surface area contributed by atoms with Crippen molar-refractivity contribution in [1.29, 1.82) is 0 Å². The van der Waals surface area contributed by atoms with Gasteiger partial charge in [0.05, 0.1) is 7.11 Å². The Labute approximate surface area is 129 Å². The number of carbonyl (C=O) groups excluding carboxylic acids is 2. The number of carboxylic acid groups (broad SMARTS) is 1. The Balaban J connectivity index is 4.58. The summed E-state index contributed by atoms with van der Waals surface area (Å²) in [7, 11) is 1.24. The third-order valence-electron chi connectivity index (χ3n) is 2.71. The Hall–Kier alpha value is -1.44. The number of amides is 2. The number of urea groups is 1. The Bertz CT molecular complexity index is 362. The molecule has 0 aliphatic heterocycles. The van der Waals surface area contributed by atoms with Crippen LogP contribution in [0.2, 0.25) is 0 Å². The molecule has 0 rings (SSSR count). The molecule has 122 valence electrons. The molecule has 0 aromatic heterocycles. The molecule has 0 radical (unpaired) electrons. The van der Waals surface area contributed by atoms with Crippen molar-refractivity contribution in [2.45, 2.75) is 38.8 Å². The van der Waals surface area contributed by atoms with E-state index in [2.05, 4.69) is 15.4 Å². The molecule has 8 heteroatoms. The van der Waals surface area contributed by atoms with Gasteiger partial charge >= 0.3 is 18.0 Å². The molecule has 21 heavy (non-hydrogen) atoms. The number of hydrogen-bond donors (Lipinski definition) is 3. The van der Waals surface area contributed by atoms with E-state index < -0.39 is 30.1 Å². The maximum Gasteiger partial charge on any atom is 0.328 e. The fourth-order valence-electron chi connectivity index (χ4n) is 1.68. The SMILES string of the molecule is COC(=O)C(CC(C)C)NC(=O)N[C@H](CCSC)C(=O)O. The third kappa shape index (κ3) is 8.44. The van der Waals surface area contributed by atoms with Gasteiger partial charge in [-0.3, -0.25) is 0 Å². The minimum Gasteiger partial charge on any atom is -0.480 e. The number of methoxy groups -OCH3 is 1. The predicted octanol–water partition coefficient (Wildman–Crippen LogP) is 1.08. The van der Waals surface area contributed by atoms with E-state index in [1.165, 1.54) is 18.9 Å². The van der Waals surface area contributed by atoms with E-state index in [-0.39, 0.29) is 5.92 Å². The van der Waals surface area contributed by atoms with Crippen LogP contribution in [0.1, 0.15) is 26.7 Å². The second kappa shape index (κ2) is 10.3. The second-order valence-electron chi connectivity index (χ2n) is 5.00. The lowest BCUT2D eigenvalue weighted by Gasteiger charge is -2.20. The van der Waals surface area contributed by atoms with Crippen molar-refractivity contribution in [1.82, 2.24) is 10.6 Å². The van der Waals surface area contributed by atoms with Crippen LogP contribution >= 0.6 is 11.8 Å². The molecule has 0 aliphatic carbocycles. The molecule has 2 amide bonds. The Morgan fingerprint density at radius 1 is 1.19 bits per heavy atom. The summed E-state index contributed by atoms with van der Waals surface area (Å²) in [4.78, 5) is 34.5. The van der Waals surface area contributed by atoms with Gasteiger partial charge in [0.15, 0.2) is 0 Å². The van der Waals surface area contributed by atoms with Crippen molar-refractivity contribution in [2.24, 2.45) is 5.92 Å². The van der Waals surface area contributed by atoms with Gasteiger partial charge in [-0.1, -0.05) is 13.8 Å². The Morgan fingerprint density at radius 3 is 2.19 bits per heavy atom. The molecular weight excluding hydrogens is 296 g/mol. The highest BCUT2D eigenvalue weighted by Crippen LogP contribution is 2.06. The number of nitrogens with one attached hydrogen (secondary N) is 2. The largest absolute Gasteiger partial charge is 0.480 e. The van der Waals surface area contributed by atoms with Crippen molar-refractivity contribution in [3.05, 3.63) is 0 Å². The van der Waals surface area contributed by atoms with Crippen molar-refractivity contribution < 1.29 is 24.2 Å². The van der Waals surface area contributed by atoms with Crippen LogP contribution in [0.3, 0.4) is 0 Å². The van der Waals surface area contributed by atoms with Crippen LogP contribution in [-0.2, 0) is 14.3 Å². The molecule has 0 heterocycles. The molecule has 0 fully saturated rings. The number of carbonyl (C=O) groups is 3. The third-order valence-corrected chi connectivity index (χ3v) is 3.36. The minimum absolute atomic E-state index is 0.182. The van der Waals surface area contributed by atoms with Crippen molar-refractivity contribution >= 4 is 29.7 Å². The molecule has 7 nitrogen and oxygen atoms in total. The fraction of sp³-hybridized carbons (Fsp3) is 0.769. The zero-order valence-corrected chi connectivity index (χ0v) is 13.7. The van der Waals surface area contributed by atoms with Crippen LogP contribution in [0.4, 0.5) is 4.79 Å². The first-order chi connectivity index (χ1) is 9.81. The first-order valence-corrected chi connectivity index (χ1v) is 8.07. The van der Waals surface area contributed by atoms with E-state index in [1.54, 1.807) is 0 Å². The highest BCUT2D eigenvalue weighted by molar-refractivity contribution is 7.98. The van der Waals surface area contributed by atoms with E-state index in [4.69, 9.17) is 5.11 Å². The topological polar surface area (TPSA) is 105 Å². The number of thioether (sulfide) groups is 1. The summed E-state index contributed by atoms with van der Waals surface area (Å²) in [5.41, 5.74) is 0. The summed E-state index contributed by atoms with van der Waals surface area (Å²) in [5, 5.41) is 13.9. The first-order valence-electron chi connectivity index (χ1n) is 6.68. The molecule has 0 saturated heterocycles. The zero-order valence-electron chi connectivity index (χ0n) is 12.8. The molecule has 0 bridgehead atoms. The van der Waals surface area contributed by atoms with Crippen LogP contribution in [0.5, 0.6) is 0 Å². The van der Waals surface area contributed by atoms with Gasteiger partial charge in [0.1, 0.15) is 12.1 Å². The number of hydrogen-bond acceptors (Lipinski definition) is 5. The zero-order chi connectivity index (χ0) is 16.4. The molecule has 0 aliphatic rings. The second-order valence-corrected chi connectivity index (χ2v) is 5.98. The van der Waals surface area contributed by atoms with Gasteiger partial charge in [0.25, 0.3) is 0 Å². The molecule has 0 aromatic carbocycles. The number of esters is 1. The lowest BCUT2D eigenvalue weighted by molar-refractivity contribution is -0.143. The quantitative estimate of drug-likeness (QED) is 0.549. The summed E-state index contributed by atoms with van der Waals surface area (Å²) >= 11 is 1.50. The van der Waals surface area contributed by atoms with E-state index in [9.17, 15) is 14.4 Å². The number of rotatable bonds is 9. The summed E-state index contributed by atoms with van der Waals surface area (Å²) in [6.45, 7) is 3.82. The van der Waals surface area contributed by atoms with Gasteiger partial charge in [-0.15, -0.1) is 0 Å². The molecule has 2 atom stereocenters. The minimum atomic E-state index is -1.10. The Morgan fingerprint density at radius 2 is 1.76 bits per heavy atom. The predicted molar refractivity (Wildman–Crippen MR) is 81.3 cm³/mol. The molecule has 0 aromatic rings. The highest BCUT2D eigenvalue weighted by Gasteiger charge is 2.25. The smallest absolute Gasteiger partial charge is 0.328 e. The maximum atomic E-state index is 11.8. The van der Waals surface area contributed by atoms with Crippen LogP contribution in [0.25, 0.3) is 0 Å². The van der Waals surface area contributed by atoms with Crippen LogP contribution in [0.15, 0.2) is 0 Å². The van der Waals surface area contributed by atoms with Crippen LogP contribution in [0, 0.1) is 5.92 Å². The van der Waals surface area contributed by atoms with E-state index >= 15 is 0 Å². The van der Waals surface area contributed by atoms with E-state index in [0.717, 1.165) is 0 Å². The van der Waals surface area contributed by atoms with Crippen molar-refractivity contribution in [3.63, 3.8) is 0 Å². The van der Waals surface area contributed by atoms with E-state index in [0.29, 0.717) is 18.6 Å². The highest BCUT2D eigenvalue weighted by atomic mass is 32.2. The summed E-state index contributed by atoms with van der Waals surface area (Å²) in [6.07, 6.45) is 2.59.